The molecule has 2 rings (SSSR count). The van der Waals surface area contributed by atoms with Crippen molar-refractivity contribution in [2.45, 2.75) is 32.6 Å². The van der Waals surface area contributed by atoms with Crippen molar-refractivity contribution in [2.24, 2.45) is 11.8 Å². The van der Waals surface area contributed by atoms with Crippen molar-refractivity contribution in [1.82, 2.24) is 10.2 Å². The minimum Gasteiger partial charge on any atom is -0.496 e. The zero-order chi connectivity index (χ0) is 16.7. The first-order valence-corrected chi connectivity index (χ1v) is 8.68. The first kappa shape index (κ1) is 17.8. The predicted molar refractivity (Wildman–Crippen MR) is 93.7 cm³/mol. The smallest absolute Gasteiger partial charge is 0.222 e. The summed E-state index contributed by atoms with van der Waals surface area (Å²) >= 11 is 0. The highest BCUT2D eigenvalue weighted by Gasteiger charge is 2.23. The van der Waals surface area contributed by atoms with Gasteiger partial charge < -0.3 is 15.0 Å². The average Bonchev–Trinajstić information content (AvgIpc) is 2.56. The highest BCUT2D eigenvalue weighted by molar-refractivity contribution is 5.76. The summed E-state index contributed by atoms with van der Waals surface area (Å²) in [6.07, 6.45) is 3.74. The first-order chi connectivity index (χ1) is 11.1. The maximum absolute atomic E-state index is 12.5. The molecule has 4 nitrogen and oxygen atoms in total. The number of likely N-dealkylation sites (tertiary alicyclic amines) is 1. The third-order valence-corrected chi connectivity index (χ3v) is 4.74. The Morgan fingerprint density at radius 3 is 2.70 bits per heavy atom. The number of para-hydroxylation sites is 1. The molecule has 1 aliphatic heterocycles. The second-order valence-corrected chi connectivity index (χ2v) is 6.71. The van der Waals surface area contributed by atoms with E-state index in [0.717, 1.165) is 50.6 Å². The predicted octanol–water partition coefficient (Wildman–Crippen LogP) is 2.72. The number of amides is 1. The van der Waals surface area contributed by atoms with Crippen LogP contribution in [-0.2, 0) is 11.2 Å². The van der Waals surface area contributed by atoms with Crippen molar-refractivity contribution in [3.63, 3.8) is 0 Å². The highest BCUT2D eigenvalue weighted by atomic mass is 16.5. The Bertz CT molecular complexity index is 496. The number of benzene rings is 1. The number of carbonyl (C=O) groups excluding carboxylic acids is 1. The third-order valence-electron chi connectivity index (χ3n) is 4.74. The van der Waals surface area contributed by atoms with Crippen LogP contribution in [0.1, 0.15) is 31.7 Å². The van der Waals surface area contributed by atoms with Gasteiger partial charge in [0.25, 0.3) is 0 Å². The van der Waals surface area contributed by atoms with Gasteiger partial charge in [0.05, 0.1) is 7.11 Å². The molecular formula is C19H30N2O2. The Kier molecular flexibility index (Phi) is 6.90. The number of rotatable bonds is 7. The summed E-state index contributed by atoms with van der Waals surface area (Å²) in [6, 6.07) is 8.08. The van der Waals surface area contributed by atoms with Crippen molar-refractivity contribution in [3.05, 3.63) is 29.8 Å². The lowest BCUT2D eigenvalue weighted by molar-refractivity contribution is -0.133. The maximum atomic E-state index is 12.5. The molecule has 1 fully saturated rings. The van der Waals surface area contributed by atoms with E-state index in [0.29, 0.717) is 18.2 Å². The van der Waals surface area contributed by atoms with E-state index in [1.807, 2.05) is 30.1 Å². The molecule has 0 spiro atoms. The van der Waals surface area contributed by atoms with Crippen LogP contribution in [-0.4, -0.2) is 44.6 Å². The Morgan fingerprint density at radius 1 is 1.35 bits per heavy atom. The lowest BCUT2D eigenvalue weighted by atomic mass is 9.94. The van der Waals surface area contributed by atoms with Gasteiger partial charge >= 0.3 is 0 Å². The van der Waals surface area contributed by atoms with E-state index in [2.05, 4.69) is 18.3 Å². The largest absolute Gasteiger partial charge is 0.496 e. The fourth-order valence-electron chi connectivity index (χ4n) is 3.42. The molecule has 0 aromatic heterocycles. The molecule has 1 atom stereocenters. The minimum absolute atomic E-state index is 0.301. The standard InChI is InChI=1S/C19H30N2O2/c1-15(12-17-6-4-5-7-18(17)23-3)13-19(22)21-10-8-16(9-11-21)14-20-2/h4-7,15-16,20H,8-14H2,1-3H3. The zero-order valence-corrected chi connectivity index (χ0v) is 14.7. The zero-order valence-electron chi connectivity index (χ0n) is 14.7. The van der Waals surface area contributed by atoms with Crippen molar-refractivity contribution in [2.75, 3.05) is 33.8 Å². The number of methoxy groups -OCH3 is 1. The highest BCUT2D eigenvalue weighted by Crippen LogP contribution is 2.23. The molecule has 1 N–H and O–H groups in total. The van der Waals surface area contributed by atoms with Crippen LogP contribution in [0.15, 0.2) is 24.3 Å². The van der Waals surface area contributed by atoms with Gasteiger partial charge in [-0.15, -0.1) is 0 Å². The lowest BCUT2D eigenvalue weighted by Gasteiger charge is -2.32. The molecule has 0 radical (unpaired) electrons. The summed E-state index contributed by atoms with van der Waals surface area (Å²) in [6.45, 7) is 5.03. The fraction of sp³-hybridized carbons (Fsp3) is 0.632. The van der Waals surface area contributed by atoms with Gasteiger partial charge in [-0.3, -0.25) is 4.79 Å². The summed E-state index contributed by atoms with van der Waals surface area (Å²) in [7, 11) is 3.70. The first-order valence-electron chi connectivity index (χ1n) is 8.68. The van der Waals surface area contributed by atoms with E-state index in [1.54, 1.807) is 7.11 Å². The van der Waals surface area contributed by atoms with Crippen LogP contribution in [0, 0.1) is 11.8 Å². The Hall–Kier alpha value is -1.55. The quantitative estimate of drug-likeness (QED) is 0.840. The van der Waals surface area contributed by atoms with Crippen molar-refractivity contribution < 1.29 is 9.53 Å². The third kappa shape index (κ3) is 5.24. The topological polar surface area (TPSA) is 41.6 Å². The summed E-state index contributed by atoms with van der Waals surface area (Å²) in [4.78, 5) is 14.5. The summed E-state index contributed by atoms with van der Waals surface area (Å²) in [5, 5.41) is 3.24. The number of ether oxygens (including phenoxy) is 1. The normalized spacial score (nSPS) is 17.1. The molecule has 1 aliphatic rings. The summed E-state index contributed by atoms with van der Waals surface area (Å²) < 4.78 is 5.40. The van der Waals surface area contributed by atoms with Gasteiger partial charge in [0.1, 0.15) is 5.75 Å². The molecule has 1 aromatic rings. The van der Waals surface area contributed by atoms with Crippen LogP contribution in [0.2, 0.25) is 0 Å². The van der Waals surface area contributed by atoms with E-state index in [4.69, 9.17) is 4.74 Å². The molecule has 1 saturated heterocycles. The molecule has 1 heterocycles. The molecule has 1 unspecified atom stereocenters. The van der Waals surface area contributed by atoms with Crippen LogP contribution in [0.4, 0.5) is 0 Å². The molecule has 1 amide bonds. The van der Waals surface area contributed by atoms with Crippen LogP contribution < -0.4 is 10.1 Å². The van der Waals surface area contributed by atoms with Crippen LogP contribution in [0.5, 0.6) is 5.75 Å². The molecule has 4 heteroatoms. The molecule has 0 saturated carbocycles. The number of nitrogens with one attached hydrogen (secondary N) is 1. The van der Waals surface area contributed by atoms with Crippen LogP contribution in [0.25, 0.3) is 0 Å². The van der Waals surface area contributed by atoms with Crippen LogP contribution >= 0.6 is 0 Å². The van der Waals surface area contributed by atoms with Gasteiger partial charge in [-0.2, -0.15) is 0 Å². The van der Waals surface area contributed by atoms with Crippen molar-refractivity contribution >= 4 is 5.91 Å². The van der Waals surface area contributed by atoms with E-state index in [1.165, 1.54) is 5.56 Å². The van der Waals surface area contributed by atoms with Gasteiger partial charge in [-0.1, -0.05) is 25.1 Å². The fourth-order valence-corrected chi connectivity index (χ4v) is 3.42. The molecule has 23 heavy (non-hydrogen) atoms. The Morgan fingerprint density at radius 2 is 2.04 bits per heavy atom. The van der Waals surface area contributed by atoms with Gasteiger partial charge in [-0.05, 0) is 56.3 Å². The van der Waals surface area contributed by atoms with Gasteiger partial charge in [0.2, 0.25) is 5.91 Å². The van der Waals surface area contributed by atoms with Crippen LogP contribution in [0.3, 0.4) is 0 Å². The number of carbonyl (C=O) groups is 1. The molecular weight excluding hydrogens is 288 g/mol. The number of piperidine rings is 1. The van der Waals surface area contributed by atoms with Crippen molar-refractivity contribution in [1.29, 1.82) is 0 Å². The maximum Gasteiger partial charge on any atom is 0.222 e. The second kappa shape index (κ2) is 8.92. The average molecular weight is 318 g/mol. The lowest BCUT2D eigenvalue weighted by Crippen LogP contribution is -2.41. The Balaban J connectivity index is 1.81. The minimum atomic E-state index is 0.301. The van der Waals surface area contributed by atoms with E-state index in [-0.39, 0.29) is 0 Å². The Labute approximate surface area is 140 Å². The van der Waals surface area contributed by atoms with E-state index < -0.39 is 0 Å². The second-order valence-electron chi connectivity index (χ2n) is 6.71. The van der Waals surface area contributed by atoms with Gasteiger partial charge in [0, 0.05) is 19.5 Å². The molecule has 0 bridgehead atoms. The monoisotopic (exact) mass is 318 g/mol. The number of nitrogens with zero attached hydrogens (tertiary/aromatic N) is 1. The van der Waals surface area contributed by atoms with Gasteiger partial charge in [0.15, 0.2) is 0 Å². The number of hydrogen-bond donors (Lipinski definition) is 1. The molecule has 1 aromatic carbocycles. The van der Waals surface area contributed by atoms with Gasteiger partial charge in [-0.25, -0.2) is 0 Å². The van der Waals surface area contributed by atoms with Crippen molar-refractivity contribution in [3.8, 4) is 5.75 Å². The van der Waals surface area contributed by atoms with E-state index in [9.17, 15) is 4.79 Å². The molecule has 0 aliphatic carbocycles. The SMILES string of the molecule is CNCC1CCN(C(=O)CC(C)Cc2ccccc2OC)CC1. The number of hydrogen-bond acceptors (Lipinski definition) is 3. The summed E-state index contributed by atoms with van der Waals surface area (Å²) in [5.41, 5.74) is 1.18. The summed E-state index contributed by atoms with van der Waals surface area (Å²) in [5.74, 6) is 2.26. The van der Waals surface area contributed by atoms with E-state index >= 15 is 0 Å². The molecule has 128 valence electrons.